The lowest BCUT2D eigenvalue weighted by atomic mass is 10.2. The second-order valence-electron chi connectivity index (χ2n) is 7.55. The van der Waals surface area contributed by atoms with Gasteiger partial charge in [-0.15, -0.1) is 0 Å². The number of piperidine rings is 1. The van der Waals surface area contributed by atoms with Gasteiger partial charge in [0.1, 0.15) is 0 Å². The van der Waals surface area contributed by atoms with Crippen molar-refractivity contribution in [3.8, 4) is 0 Å². The zero-order valence-corrected chi connectivity index (χ0v) is 17.5. The topological polar surface area (TPSA) is 91.1 Å². The zero-order valence-electron chi connectivity index (χ0n) is 16.7. The van der Waals surface area contributed by atoms with E-state index in [1.165, 1.54) is 22.7 Å². The van der Waals surface area contributed by atoms with E-state index in [0.717, 1.165) is 19.3 Å². The molecule has 2 aliphatic rings. The van der Waals surface area contributed by atoms with Crippen molar-refractivity contribution in [2.45, 2.75) is 24.2 Å². The van der Waals surface area contributed by atoms with Crippen LogP contribution in [0.3, 0.4) is 0 Å². The molecule has 2 amide bonds. The number of benzene rings is 1. The number of piperazine rings is 1. The predicted molar refractivity (Wildman–Crippen MR) is 110 cm³/mol. The Kier molecular flexibility index (Phi) is 5.92. The molecule has 4 rings (SSSR count). The largest absolute Gasteiger partial charge is 0.459 e. The van der Waals surface area contributed by atoms with Crippen molar-refractivity contribution < 1.29 is 22.4 Å². The van der Waals surface area contributed by atoms with Gasteiger partial charge in [-0.3, -0.25) is 9.59 Å². The van der Waals surface area contributed by atoms with E-state index < -0.39 is 10.0 Å². The van der Waals surface area contributed by atoms with Gasteiger partial charge in [0, 0.05) is 44.8 Å². The molecule has 1 aromatic carbocycles. The van der Waals surface area contributed by atoms with Crippen molar-refractivity contribution in [2.75, 3.05) is 39.3 Å². The molecule has 160 valence electrons. The summed E-state index contributed by atoms with van der Waals surface area (Å²) in [6, 6.07) is 9.45. The Bertz CT molecular complexity index is 988. The normalized spacial score (nSPS) is 18.4. The summed E-state index contributed by atoms with van der Waals surface area (Å²) in [5.41, 5.74) is 0.443. The highest BCUT2D eigenvalue weighted by molar-refractivity contribution is 7.89. The predicted octanol–water partition coefficient (Wildman–Crippen LogP) is 2.05. The lowest BCUT2D eigenvalue weighted by molar-refractivity contribution is 0.0518. The second-order valence-corrected chi connectivity index (χ2v) is 9.49. The number of hydrogen-bond donors (Lipinski definition) is 0. The Morgan fingerprint density at radius 2 is 1.37 bits per heavy atom. The van der Waals surface area contributed by atoms with Crippen molar-refractivity contribution in [1.82, 2.24) is 14.1 Å². The number of furan rings is 1. The third kappa shape index (κ3) is 4.13. The fraction of sp³-hybridized carbons (Fsp3) is 0.429. The van der Waals surface area contributed by atoms with Crippen molar-refractivity contribution >= 4 is 21.8 Å². The quantitative estimate of drug-likeness (QED) is 0.739. The first-order valence-electron chi connectivity index (χ1n) is 10.2. The molecule has 0 bridgehead atoms. The molecule has 0 unspecified atom stereocenters. The van der Waals surface area contributed by atoms with Gasteiger partial charge in [-0.05, 0) is 49.2 Å². The van der Waals surface area contributed by atoms with Gasteiger partial charge in [0.25, 0.3) is 11.8 Å². The molecule has 0 atom stereocenters. The van der Waals surface area contributed by atoms with E-state index >= 15 is 0 Å². The molecule has 0 aliphatic carbocycles. The van der Waals surface area contributed by atoms with E-state index in [-0.39, 0.29) is 16.7 Å². The maximum absolute atomic E-state index is 12.8. The Hall–Kier alpha value is -2.65. The zero-order chi connectivity index (χ0) is 21.1. The van der Waals surface area contributed by atoms with Gasteiger partial charge in [-0.2, -0.15) is 4.31 Å². The van der Waals surface area contributed by atoms with Crippen LogP contribution in [0.4, 0.5) is 0 Å². The van der Waals surface area contributed by atoms with Crippen LogP contribution < -0.4 is 0 Å². The number of hydrogen-bond acceptors (Lipinski definition) is 5. The van der Waals surface area contributed by atoms with Crippen LogP contribution in [0.25, 0.3) is 0 Å². The molecular weight excluding hydrogens is 406 g/mol. The monoisotopic (exact) mass is 431 g/mol. The molecule has 2 aliphatic heterocycles. The minimum atomic E-state index is -3.51. The number of carbonyl (C=O) groups excluding carboxylic acids is 2. The summed E-state index contributed by atoms with van der Waals surface area (Å²) in [4.78, 5) is 28.7. The summed E-state index contributed by atoms with van der Waals surface area (Å²) in [6.07, 6.45) is 4.27. The first-order valence-corrected chi connectivity index (χ1v) is 11.6. The van der Waals surface area contributed by atoms with E-state index in [4.69, 9.17) is 4.42 Å². The highest BCUT2D eigenvalue weighted by Gasteiger charge is 2.28. The van der Waals surface area contributed by atoms with Crippen LogP contribution in [0.2, 0.25) is 0 Å². The van der Waals surface area contributed by atoms with Crippen LogP contribution >= 0.6 is 0 Å². The van der Waals surface area contributed by atoms with Crippen LogP contribution in [-0.4, -0.2) is 73.6 Å². The summed E-state index contributed by atoms with van der Waals surface area (Å²) >= 11 is 0. The van der Waals surface area contributed by atoms with Crippen LogP contribution in [0.15, 0.2) is 52.0 Å². The second kappa shape index (κ2) is 8.61. The highest BCUT2D eigenvalue weighted by Crippen LogP contribution is 2.21. The maximum Gasteiger partial charge on any atom is 0.289 e. The molecule has 3 heterocycles. The summed E-state index contributed by atoms with van der Waals surface area (Å²) in [5, 5.41) is 0. The van der Waals surface area contributed by atoms with Gasteiger partial charge >= 0.3 is 0 Å². The molecule has 0 saturated carbocycles. The fourth-order valence-corrected chi connectivity index (χ4v) is 5.39. The Morgan fingerprint density at radius 3 is 1.93 bits per heavy atom. The standard InChI is InChI=1S/C21H25N3O5S/c25-20(22-12-14-23(15-13-22)21(26)19-5-4-16-29-19)17-6-8-18(9-7-17)30(27,28)24-10-2-1-3-11-24/h4-9,16H,1-3,10-15H2. The third-order valence-electron chi connectivity index (χ3n) is 5.64. The number of sulfonamides is 1. The lowest BCUT2D eigenvalue weighted by Gasteiger charge is -2.34. The van der Waals surface area contributed by atoms with Crippen LogP contribution in [0, 0.1) is 0 Å². The van der Waals surface area contributed by atoms with Gasteiger partial charge in [0.05, 0.1) is 11.2 Å². The van der Waals surface area contributed by atoms with Gasteiger partial charge in [-0.1, -0.05) is 6.42 Å². The lowest BCUT2D eigenvalue weighted by Crippen LogP contribution is -2.50. The minimum Gasteiger partial charge on any atom is -0.459 e. The Balaban J connectivity index is 1.38. The first-order chi connectivity index (χ1) is 14.5. The Morgan fingerprint density at radius 1 is 0.767 bits per heavy atom. The number of nitrogens with zero attached hydrogens (tertiary/aromatic N) is 3. The minimum absolute atomic E-state index is 0.165. The van der Waals surface area contributed by atoms with Gasteiger partial charge in [0.2, 0.25) is 10.0 Å². The van der Waals surface area contributed by atoms with Crippen molar-refractivity contribution in [3.05, 3.63) is 54.0 Å². The maximum atomic E-state index is 12.8. The summed E-state index contributed by atoms with van der Waals surface area (Å²) < 4.78 is 32.2. The molecular formula is C21H25N3O5S. The van der Waals surface area contributed by atoms with E-state index in [2.05, 4.69) is 0 Å². The van der Waals surface area contributed by atoms with Gasteiger partial charge in [0.15, 0.2) is 5.76 Å². The average Bonchev–Trinajstić information content (AvgIpc) is 3.34. The van der Waals surface area contributed by atoms with E-state index in [9.17, 15) is 18.0 Å². The van der Waals surface area contributed by atoms with Crippen molar-refractivity contribution in [1.29, 1.82) is 0 Å². The van der Waals surface area contributed by atoms with Crippen LogP contribution in [0.5, 0.6) is 0 Å². The average molecular weight is 432 g/mol. The number of amides is 2. The fourth-order valence-electron chi connectivity index (χ4n) is 3.88. The van der Waals surface area contributed by atoms with Crippen molar-refractivity contribution in [3.63, 3.8) is 0 Å². The molecule has 1 aromatic heterocycles. The molecule has 2 saturated heterocycles. The molecule has 9 heteroatoms. The van der Waals surface area contributed by atoms with E-state index in [1.54, 1.807) is 34.1 Å². The highest BCUT2D eigenvalue weighted by atomic mass is 32.2. The SMILES string of the molecule is O=C(c1ccc(S(=O)(=O)N2CCCCC2)cc1)N1CCN(C(=O)c2ccco2)CC1. The van der Waals surface area contributed by atoms with Crippen LogP contribution in [-0.2, 0) is 10.0 Å². The van der Waals surface area contributed by atoms with Gasteiger partial charge < -0.3 is 14.2 Å². The molecule has 2 aromatic rings. The summed E-state index contributed by atoms with van der Waals surface area (Å²) in [6.45, 7) is 2.77. The van der Waals surface area contributed by atoms with E-state index in [1.807, 2.05) is 0 Å². The van der Waals surface area contributed by atoms with Crippen LogP contribution in [0.1, 0.15) is 40.2 Å². The molecule has 0 radical (unpaired) electrons. The molecule has 0 N–H and O–H groups in total. The van der Waals surface area contributed by atoms with Gasteiger partial charge in [-0.25, -0.2) is 8.42 Å². The summed E-state index contributed by atoms with van der Waals surface area (Å²) in [5.74, 6) is -0.0540. The van der Waals surface area contributed by atoms with E-state index in [0.29, 0.717) is 50.6 Å². The first kappa shape index (κ1) is 20.6. The molecule has 30 heavy (non-hydrogen) atoms. The third-order valence-corrected chi connectivity index (χ3v) is 7.55. The van der Waals surface area contributed by atoms with Crippen molar-refractivity contribution in [2.24, 2.45) is 0 Å². The number of carbonyl (C=O) groups is 2. The smallest absolute Gasteiger partial charge is 0.289 e. The summed E-state index contributed by atoms with van der Waals surface area (Å²) in [7, 11) is -3.51. The number of rotatable bonds is 4. The molecule has 8 nitrogen and oxygen atoms in total. The Labute approximate surface area is 176 Å². The molecule has 2 fully saturated rings. The molecule has 0 spiro atoms.